The average molecular weight is 311 g/mol. The predicted molar refractivity (Wildman–Crippen MR) is 76.7 cm³/mol. The fourth-order valence-corrected chi connectivity index (χ4v) is 3.47. The van der Waals surface area contributed by atoms with E-state index >= 15 is 0 Å². The fraction of sp³-hybridized carbons (Fsp3) is 0.286. The molecule has 1 N–H and O–H groups in total. The number of aliphatic hydroxyl groups is 1. The van der Waals surface area contributed by atoms with Crippen LogP contribution in [-0.2, 0) is 0 Å². The summed E-state index contributed by atoms with van der Waals surface area (Å²) in [7, 11) is 0. The molecule has 0 saturated heterocycles. The molecule has 0 aliphatic rings. The molecule has 1 nitrogen and oxygen atoms in total. The zero-order valence-corrected chi connectivity index (χ0v) is 12.5. The maximum Gasteiger partial charge on any atom is 0.105 e. The third kappa shape index (κ3) is 2.62. The van der Waals surface area contributed by atoms with Crippen LogP contribution in [0, 0.1) is 20.8 Å². The summed E-state index contributed by atoms with van der Waals surface area (Å²) in [6.45, 7) is 6.16. The number of rotatable bonds is 2. The highest BCUT2D eigenvalue weighted by Crippen LogP contribution is 2.32. The van der Waals surface area contributed by atoms with E-state index in [2.05, 4.69) is 35.8 Å². The summed E-state index contributed by atoms with van der Waals surface area (Å²) in [5.74, 6) is 0. The van der Waals surface area contributed by atoms with Crippen molar-refractivity contribution in [1.82, 2.24) is 0 Å². The molecular weight excluding hydrogens is 296 g/mol. The predicted octanol–water partition coefficient (Wildman–Crippen LogP) is 4.52. The Morgan fingerprint density at radius 3 is 2.35 bits per heavy atom. The van der Waals surface area contributed by atoms with Crippen LogP contribution in [0.3, 0.4) is 0 Å². The lowest BCUT2D eigenvalue weighted by Gasteiger charge is -2.14. The van der Waals surface area contributed by atoms with Crippen LogP contribution >= 0.6 is 27.3 Å². The van der Waals surface area contributed by atoms with Crippen molar-refractivity contribution in [2.24, 2.45) is 0 Å². The molecular formula is C14H15BrOS. The molecule has 0 amide bonds. The first-order valence-electron chi connectivity index (χ1n) is 5.50. The summed E-state index contributed by atoms with van der Waals surface area (Å²) >= 11 is 5.17. The van der Waals surface area contributed by atoms with Gasteiger partial charge in [-0.1, -0.05) is 22.0 Å². The van der Waals surface area contributed by atoms with Gasteiger partial charge in [0.25, 0.3) is 0 Å². The van der Waals surface area contributed by atoms with Crippen LogP contribution < -0.4 is 0 Å². The van der Waals surface area contributed by atoms with Crippen LogP contribution in [0.2, 0.25) is 0 Å². The van der Waals surface area contributed by atoms with Crippen molar-refractivity contribution in [3.63, 3.8) is 0 Å². The second kappa shape index (κ2) is 4.92. The van der Waals surface area contributed by atoms with E-state index in [1.807, 2.05) is 25.1 Å². The van der Waals surface area contributed by atoms with Crippen LogP contribution in [0.1, 0.15) is 32.5 Å². The zero-order chi connectivity index (χ0) is 12.6. The van der Waals surface area contributed by atoms with Gasteiger partial charge in [0, 0.05) is 14.2 Å². The van der Waals surface area contributed by atoms with E-state index in [1.54, 1.807) is 11.3 Å². The number of hydrogen-bond donors (Lipinski definition) is 1. The van der Waals surface area contributed by atoms with Gasteiger partial charge in [-0.3, -0.25) is 0 Å². The maximum absolute atomic E-state index is 10.4. The topological polar surface area (TPSA) is 20.2 Å². The first kappa shape index (κ1) is 12.8. The van der Waals surface area contributed by atoms with Gasteiger partial charge in [0.2, 0.25) is 0 Å². The number of hydrogen-bond acceptors (Lipinski definition) is 2. The van der Waals surface area contributed by atoms with Crippen molar-refractivity contribution in [3.8, 4) is 0 Å². The molecule has 90 valence electrons. The van der Waals surface area contributed by atoms with Crippen molar-refractivity contribution in [1.29, 1.82) is 0 Å². The van der Waals surface area contributed by atoms with Gasteiger partial charge in [0.15, 0.2) is 0 Å². The largest absolute Gasteiger partial charge is 0.384 e. The van der Waals surface area contributed by atoms with Crippen molar-refractivity contribution in [2.75, 3.05) is 0 Å². The van der Waals surface area contributed by atoms with Gasteiger partial charge >= 0.3 is 0 Å². The van der Waals surface area contributed by atoms with Crippen LogP contribution in [0.15, 0.2) is 28.7 Å². The van der Waals surface area contributed by atoms with Gasteiger partial charge in [-0.2, -0.15) is 0 Å². The normalized spacial score (nSPS) is 12.8. The Balaban J connectivity index is 2.43. The summed E-state index contributed by atoms with van der Waals surface area (Å²) in [5, 5.41) is 10.4. The first-order chi connectivity index (χ1) is 7.99. The minimum absolute atomic E-state index is 0.520. The van der Waals surface area contributed by atoms with Crippen molar-refractivity contribution in [2.45, 2.75) is 26.9 Å². The van der Waals surface area contributed by atoms with Gasteiger partial charge in [0.1, 0.15) is 6.10 Å². The highest BCUT2D eigenvalue weighted by atomic mass is 79.9. The van der Waals surface area contributed by atoms with Crippen molar-refractivity contribution >= 4 is 27.3 Å². The standard InChI is InChI=1S/C14H15BrOS/c1-8-6-11(15)4-5-12(8)14(16)13-7-9(2)17-10(13)3/h4-7,14,16H,1-3H3. The van der Waals surface area contributed by atoms with E-state index in [0.717, 1.165) is 21.2 Å². The Morgan fingerprint density at radius 2 is 1.82 bits per heavy atom. The molecule has 1 heterocycles. The number of halogens is 1. The number of benzene rings is 1. The molecule has 3 heteroatoms. The Labute approximate surface area is 114 Å². The number of aliphatic hydroxyl groups excluding tert-OH is 1. The van der Waals surface area contributed by atoms with Gasteiger partial charge in [-0.25, -0.2) is 0 Å². The van der Waals surface area contributed by atoms with Crippen LogP contribution in [0.5, 0.6) is 0 Å². The minimum Gasteiger partial charge on any atom is -0.384 e. The molecule has 1 aromatic heterocycles. The molecule has 1 atom stereocenters. The lowest BCUT2D eigenvalue weighted by atomic mass is 9.98. The highest BCUT2D eigenvalue weighted by Gasteiger charge is 2.16. The summed E-state index contributed by atoms with van der Waals surface area (Å²) < 4.78 is 1.05. The van der Waals surface area contributed by atoms with E-state index in [-0.39, 0.29) is 0 Å². The van der Waals surface area contributed by atoms with Gasteiger partial charge in [-0.15, -0.1) is 11.3 Å². The highest BCUT2D eigenvalue weighted by molar-refractivity contribution is 9.10. The Kier molecular flexibility index (Phi) is 3.71. The first-order valence-corrected chi connectivity index (χ1v) is 7.11. The van der Waals surface area contributed by atoms with Crippen LogP contribution in [0.4, 0.5) is 0 Å². The molecule has 1 unspecified atom stereocenters. The van der Waals surface area contributed by atoms with Gasteiger partial charge < -0.3 is 5.11 Å². The maximum atomic E-state index is 10.4. The smallest absolute Gasteiger partial charge is 0.105 e. The number of aryl methyl sites for hydroxylation is 3. The molecule has 2 rings (SSSR count). The summed E-state index contributed by atoms with van der Waals surface area (Å²) in [6, 6.07) is 8.07. The third-order valence-electron chi connectivity index (χ3n) is 2.90. The second-order valence-corrected chi connectivity index (χ2v) is 6.65. The molecule has 1 aromatic carbocycles. The molecule has 0 spiro atoms. The average Bonchev–Trinajstić information content (AvgIpc) is 2.57. The third-order valence-corrected chi connectivity index (χ3v) is 4.38. The van der Waals surface area contributed by atoms with E-state index in [4.69, 9.17) is 0 Å². The lowest BCUT2D eigenvalue weighted by molar-refractivity contribution is 0.219. The Hall–Kier alpha value is -0.640. The van der Waals surface area contributed by atoms with Crippen LogP contribution in [0.25, 0.3) is 0 Å². The summed E-state index contributed by atoms with van der Waals surface area (Å²) in [6.07, 6.45) is -0.520. The molecule has 0 bridgehead atoms. The van der Waals surface area contributed by atoms with Crippen molar-refractivity contribution < 1.29 is 5.11 Å². The molecule has 0 saturated carbocycles. The minimum atomic E-state index is -0.520. The summed E-state index contributed by atoms with van der Waals surface area (Å²) in [5.41, 5.74) is 3.11. The van der Waals surface area contributed by atoms with E-state index in [1.165, 1.54) is 9.75 Å². The molecule has 0 aliphatic carbocycles. The lowest BCUT2D eigenvalue weighted by Crippen LogP contribution is -2.02. The monoisotopic (exact) mass is 310 g/mol. The van der Waals surface area contributed by atoms with Gasteiger partial charge in [0.05, 0.1) is 0 Å². The van der Waals surface area contributed by atoms with E-state index < -0.39 is 6.10 Å². The Bertz CT molecular complexity index is 545. The molecule has 0 fully saturated rings. The SMILES string of the molecule is Cc1cc(C(O)c2ccc(Br)cc2C)c(C)s1. The fourth-order valence-electron chi connectivity index (χ4n) is 2.04. The Morgan fingerprint density at radius 1 is 1.12 bits per heavy atom. The van der Waals surface area contributed by atoms with Gasteiger partial charge in [-0.05, 0) is 55.7 Å². The molecule has 2 aromatic rings. The van der Waals surface area contributed by atoms with Crippen molar-refractivity contribution in [3.05, 3.63) is 55.2 Å². The molecule has 17 heavy (non-hydrogen) atoms. The van der Waals surface area contributed by atoms with Crippen LogP contribution in [-0.4, -0.2) is 5.11 Å². The second-order valence-electron chi connectivity index (χ2n) is 4.27. The summed E-state index contributed by atoms with van der Waals surface area (Å²) in [4.78, 5) is 2.43. The van der Waals surface area contributed by atoms with E-state index in [9.17, 15) is 5.11 Å². The molecule has 0 radical (unpaired) electrons. The number of thiophene rings is 1. The molecule has 0 aliphatic heterocycles. The quantitative estimate of drug-likeness (QED) is 0.864. The zero-order valence-electron chi connectivity index (χ0n) is 10.1. The van der Waals surface area contributed by atoms with E-state index in [0.29, 0.717) is 0 Å².